The van der Waals surface area contributed by atoms with Crippen molar-refractivity contribution in [3.63, 3.8) is 0 Å². The van der Waals surface area contributed by atoms with Crippen LogP contribution in [0, 0.1) is 13.8 Å². The second kappa shape index (κ2) is 12.9. The third kappa shape index (κ3) is 5.26. The van der Waals surface area contributed by atoms with Crippen LogP contribution >= 0.6 is 0 Å². The fourth-order valence-electron chi connectivity index (χ4n) is 7.52. The quantitative estimate of drug-likeness (QED) is 0.336. The summed E-state index contributed by atoms with van der Waals surface area (Å²) in [5, 5.41) is 23.1. The van der Waals surface area contributed by atoms with Crippen molar-refractivity contribution < 1.29 is 57.7 Å². The van der Waals surface area contributed by atoms with Gasteiger partial charge in [-0.3, -0.25) is 9.69 Å². The molecule has 14 heteroatoms. The molecule has 49 heavy (non-hydrogen) atoms. The van der Waals surface area contributed by atoms with E-state index in [4.69, 9.17) is 37.9 Å². The minimum Gasteiger partial charge on any atom is -0.493 e. The number of nitrogens with zero attached hydrogens (tertiary/aromatic N) is 2. The fourth-order valence-corrected chi connectivity index (χ4v) is 7.52. The van der Waals surface area contributed by atoms with Crippen LogP contribution in [0.25, 0.3) is 0 Å². The van der Waals surface area contributed by atoms with E-state index in [2.05, 4.69) is 0 Å². The van der Waals surface area contributed by atoms with Gasteiger partial charge in [-0.15, -0.1) is 0 Å². The highest BCUT2D eigenvalue weighted by Crippen LogP contribution is 2.56. The van der Waals surface area contributed by atoms with E-state index in [9.17, 15) is 19.8 Å². The molecule has 7 rings (SSSR count). The number of aliphatic hydroxyl groups excluding tert-OH is 2. The van der Waals surface area contributed by atoms with E-state index in [1.54, 1.807) is 6.07 Å². The number of methoxy groups -OCH3 is 3. The lowest BCUT2D eigenvalue weighted by Crippen LogP contribution is -2.72. The van der Waals surface area contributed by atoms with Gasteiger partial charge in [-0.05, 0) is 36.6 Å². The van der Waals surface area contributed by atoms with Crippen molar-refractivity contribution in [3.05, 3.63) is 75.8 Å². The zero-order valence-corrected chi connectivity index (χ0v) is 27.7. The lowest BCUT2D eigenvalue weighted by molar-refractivity contribution is -0.304. The Morgan fingerprint density at radius 1 is 0.959 bits per heavy atom. The van der Waals surface area contributed by atoms with Gasteiger partial charge in [0.15, 0.2) is 42.4 Å². The van der Waals surface area contributed by atoms with Crippen molar-refractivity contribution in [2.45, 2.75) is 63.6 Å². The fraction of sp³-hybridized carbons (Fsp3) is 0.429. The average molecular weight is 679 g/mol. The molecule has 0 radical (unpaired) electrons. The molecule has 260 valence electrons. The van der Waals surface area contributed by atoms with E-state index >= 15 is 0 Å². The molecular weight excluding hydrogens is 640 g/mol. The first-order chi connectivity index (χ1) is 23.7. The van der Waals surface area contributed by atoms with Gasteiger partial charge in [-0.1, -0.05) is 36.4 Å². The van der Waals surface area contributed by atoms with Crippen LogP contribution in [0.15, 0.2) is 42.5 Å². The number of carbonyl (C=O) groups excluding carboxylic acids is 2. The van der Waals surface area contributed by atoms with E-state index in [1.165, 1.54) is 31.1 Å². The van der Waals surface area contributed by atoms with Crippen molar-refractivity contribution in [3.8, 4) is 28.7 Å². The largest absolute Gasteiger partial charge is 0.493 e. The average Bonchev–Trinajstić information content (AvgIpc) is 3.60. The van der Waals surface area contributed by atoms with Gasteiger partial charge in [-0.2, -0.15) is 0 Å². The number of hydrogen-bond acceptors (Lipinski definition) is 12. The summed E-state index contributed by atoms with van der Waals surface area (Å²) in [4.78, 5) is 30.9. The second-order valence-electron chi connectivity index (χ2n) is 12.2. The predicted molar refractivity (Wildman–Crippen MR) is 169 cm³/mol. The standard InChI is InChI=1S/C35H38N2O12/c1-17-11-20-12-22-32(38)37-25(21-13-23(18(2)29-30(21)48-16-47-29)45-14-19-9-7-6-8-10-19)33(39)49-34(40)27(37)26(36(22)35(41)44-5)24(20)31(28(17)43-4)46-15-42-3/h6-11,13,22,25-27,33-34,39-40H,12,14-16H2,1-5H3/t22-,25?,26+,27+,33?,34?/m0/s1. The van der Waals surface area contributed by atoms with Crippen LogP contribution in [0.2, 0.25) is 0 Å². The molecule has 3 aromatic carbocycles. The molecule has 2 N–H and O–H groups in total. The second-order valence-corrected chi connectivity index (χ2v) is 12.2. The molecule has 4 aliphatic rings. The lowest BCUT2D eigenvalue weighted by atomic mass is 9.77. The summed E-state index contributed by atoms with van der Waals surface area (Å²) < 4.78 is 46.1. The van der Waals surface area contributed by atoms with E-state index in [-0.39, 0.29) is 32.4 Å². The topological polar surface area (TPSA) is 155 Å². The molecule has 3 unspecified atom stereocenters. The van der Waals surface area contributed by atoms with Gasteiger partial charge in [0.2, 0.25) is 12.7 Å². The molecule has 4 heterocycles. The summed E-state index contributed by atoms with van der Waals surface area (Å²) >= 11 is 0. The third-order valence-corrected chi connectivity index (χ3v) is 9.55. The number of amides is 2. The number of hydrogen-bond donors (Lipinski definition) is 2. The van der Waals surface area contributed by atoms with Crippen LogP contribution < -0.4 is 23.7 Å². The summed E-state index contributed by atoms with van der Waals surface area (Å²) in [5.41, 5.74) is 3.90. The van der Waals surface area contributed by atoms with Gasteiger partial charge in [0.05, 0.1) is 20.3 Å². The highest BCUT2D eigenvalue weighted by molar-refractivity contribution is 5.90. The maximum absolute atomic E-state index is 14.7. The van der Waals surface area contributed by atoms with Crippen molar-refractivity contribution in [1.82, 2.24) is 9.80 Å². The Balaban J connectivity index is 1.39. The Hall–Kier alpha value is -4.76. The molecule has 4 aliphatic heterocycles. The lowest BCUT2D eigenvalue weighted by Gasteiger charge is -2.58. The molecule has 0 spiro atoms. The number of aryl methyl sites for hydroxylation is 1. The Morgan fingerprint density at radius 3 is 2.43 bits per heavy atom. The maximum atomic E-state index is 14.7. The zero-order chi connectivity index (χ0) is 34.6. The molecule has 0 aromatic heterocycles. The predicted octanol–water partition coefficient (Wildman–Crippen LogP) is 3.26. The first-order valence-corrected chi connectivity index (χ1v) is 15.8. The minimum absolute atomic E-state index is 0.0913. The van der Waals surface area contributed by atoms with Crippen LogP contribution in [0.4, 0.5) is 4.79 Å². The number of fused-ring (bicyclic) bond motifs is 7. The molecule has 0 aliphatic carbocycles. The van der Waals surface area contributed by atoms with E-state index in [1.807, 2.05) is 50.2 Å². The van der Waals surface area contributed by atoms with Gasteiger partial charge in [0.1, 0.15) is 30.5 Å². The van der Waals surface area contributed by atoms with Crippen molar-refractivity contribution in [2.75, 3.05) is 34.9 Å². The number of ether oxygens (including phenoxy) is 8. The van der Waals surface area contributed by atoms with E-state index < -0.39 is 48.7 Å². The summed E-state index contributed by atoms with van der Waals surface area (Å²) in [6.45, 7) is 3.68. The van der Waals surface area contributed by atoms with Crippen molar-refractivity contribution >= 4 is 12.0 Å². The maximum Gasteiger partial charge on any atom is 0.410 e. The number of aliphatic hydroxyl groups is 2. The SMILES string of the molecule is COCOc1c(OC)c(C)cc2c1[C@@H]1[C@@H]3C(O)OC(O)C(c4cc(OCc5ccccc5)c(C)c5c4OCO5)N3C(=O)[C@H](C2)N1C(=O)OC. The minimum atomic E-state index is -1.74. The number of carbonyl (C=O) groups is 2. The Labute approximate surface area is 282 Å². The number of rotatable bonds is 8. The first-order valence-electron chi connectivity index (χ1n) is 15.8. The summed E-state index contributed by atoms with van der Waals surface area (Å²) in [6.07, 6.45) is -4.14. The Kier molecular flexibility index (Phi) is 8.65. The molecule has 0 saturated carbocycles. The summed E-state index contributed by atoms with van der Waals surface area (Å²) in [5.74, 6) is 1.30. The molecular formula is C35H38N2O12. The molecule has 2 bridgehead atoms. The monoisotopic (exact) mass is 678 g/mol. The first kappa shape index (κ1) is 32.8. The Morgan fingerprint density at radius 2 is 1.71 bits per heavy atom. The van der Waals surface area contributed by atoms with Gasteiger partial charge >= 0.3 is 6.09 Å². The van der Waals surface area contributed by atoms with Crippen molar-refractivity contribution in [2.24, 2.45) is 0 Å². The normalized spacial score (nSPS) is 25.0. The third-order valence-electron chi connectivity index (χ3n) is 9.55. The highest BCUT2D eigenvalue weighted by atomic mass is 16.7. The molecule has 2 amide bonds. The highest BCUT2D eigenvalue weighted by Gasteiger charge is 2.62. The molecule has 14 nitrogen and oxygen atoms in total. The molecule has 2 fully saturated rings. The van der Waals surface area contributed by atoms with Gasteiger partial charge in [0, 0.05) is 30.2 Å². The molecule has 6 atom stereocenters. The number of morpholine rings is 1. The number of benzene rings is 3. The van der Waals surface area contributed by atoms with E-state index in [0.717, 1.165) is 11.1 Å². The van der Waals surface area contributed by atoms with Crippen molar-refractivity contribution in [1.29, 1.82) is 0 Å². The molecule has 2 saturated heterocycles. The van der Waals surface area contributed by atoms with Crippen LogP contribution in [-0.2, 0) is 32.0 Å². The van der Waals surface area contributed by atoms with Crippen LogP contribution in [0.5, 0.6) is 28.7 Å². The van der Waals surface area contributed by atoms with Crippen LogP contribution in [0.3, 0.4) is 0 Å². The van der Waals surface area contributed by atoms with Gasteiger partial charge < -0.3 is 53.0 Å². The molecule has 3 aromatic rings. The number of piperazine rings is 1. The van der Waals surface area contributed by atoms with Crippen LogP contribution in [0.1, 0.15) is 45.5 Å². The van der Waals surface area contributed by atoms with Crippen LogP contribution in [-0.4, -0.2) is 91.6 Å². The smallest absolute Gasteiger partial charge is 0.410 e. The summed E-state index contributed by atoms with van der Waals surface area (Å²) in [7, 11) is 4.19. The zero-order valence-electron chi connectivity index (χ0n) is 27.7. The van der Waals surface area contributed by atoms with Gasteiger partial charge in [-0.25, -0.2) is 4.79 Å². The van der Waals surface area contributed by atoms with Gasteiger partial charge in [0.25, 0.3) is 0 Å². The Bertz CT molecular complexity index is 1770. The summed E-state index contributed by atoms with van der Waals surface area (Å²) in [6, 6.07) is 8.60. The van der Waals surface area contributed by atoms with E-state index in [0.29, 0.717) is 45.3 Å².